The number of hydrogen-bond acceptors (Lipinski definition) is 4. The van der Waals surface area contributed by atoms with E-state index >= 15 is 8.78 Å². The Morgan fingerprint density at radius 1 is 1.33 bits per heavy atom. The van der Waals surface area contributed by atoms with Gasteiger partial charge in [-0.2, -0.15) is 0 Å². The van der Waals surface area contributed by atoms with Gasteiger partial charge in [0.2, 0.25) is 0 Å². The maximum atomic E-state index is 15.1. The number of pyridine rings is 1. The molecule has 1 aromatic carbocycles. The first-order valence-electron chi connectivity index (χ1n) is 10.2. The van der Waals surface area contributed by atoms with Crippen molar-refractivity contribution in [2.24, 2.45) is 0 Å². The quantitative estimate of drug-likeness (QED) is 0.598. The molecule has 0 bridgehead atoms. The summed E-state index contributed by atoms with van der Waals surface area (Å²) in [4.78, 5) is 28.9. The van der Waals surface area contributed by atoms with Crippen LogP contribution in [0.2, 0.25) is 5.02 Å². The van der Waals surface area contributed by atoms with E-state index in [0.717, 1.165) is 17.7 Å². The van der Waals surface area contributed by atoms with Crippen molar-refractivity contribution in [2.45, 2.75) is 19.4 Å². The molecule has 2 N–H and O–H groups in total. The zero-order chi connectivity index (χ0) is 23.9. The maximum absolute atomic E-state index is 15.1. The average molecular weight is 479 g/mol. The maximum Gasteiger partial charge on any atom is 0.407 e. The van der Waals surface area contributed by atoms with Gasteiger partial charge in [0, 0.05) is 31.8 Å². The highest BCUT2D eigenvalue weighted by Gasteiger charge is 2.29. The minimum Gasteiger partial charge on any atom is -0.465 e. The third-order valence-corrected chi connectivity index (χ3v) is 6.09. The number of nitrogens with one attached hydrogen (secondary N) is 1. The summed E-state index contributed by atoms with van der Waals surface area (Å²) in [6, 6.07) is 3.64. The first-order chi connectivity index (χ1) is 15.7. The number of morpholine rings is 1. The predicted molar refractivity (Wildman–Crippen MR) is 117 cm³/mol. The van der Waals surface area contributed by atoms with Crippen LogP contribution in [0.4, 0.5) is 13.6 Å². The lowest BCUT2D eigenvalue weighted by Gasteiger charge is -2.31. The van der Waals surface area contributed by atoms with E-state index in [2.05, 4.69) is 10.3 Å². The van der Waals surface area contributed by atoms with Gasteiger partial charge in [-0.15, -0.1) is 0 Å². The van der Waals surface area contributed by atoms with Gasteiger partial charge in [-0.1, -0.05) is 11.6 Å². The van der Waals surface area contributed by atoms with Crippen molar-refractivity contribution < 1.29 is 28.2 Å². The highest BCUT2D eigenvalue weighted by Crippen LogP contribution is 2.34. The summed E-state index contributed by atoms with van der Waals surface area (Å²) >= 11 is 6.43. The standard InChI is InChI=1S/C22H21ClF2N4O4/c1-11-3-4-29-16(9-13-10-28(22(31)32)5-6-33-13)19(27-20(29)18(11)23)17-14(24)7-12(8-15(17)25)21(30)26-2/h3-4,7-8,13H,5-6,9-10H2,1-2H3,(H,26,30)(H,31,32). The van der Waals surface area contributed by atoms with Gasteiger partial charge in [-0.05, 0) is 30.7 Å². The summed E-state index contributed by atoms with van der Waals surface area (Å²) in [6.07, 6.45) is 0.206. The molecule has 2 aromatic heterocycles. The normalized spacial score (nSPS) is 16.3. The van der Waals surface area contributed by atoms with Crippen LogP contribution in [-0.2, 0) is 11.2 Å². The number of fused-ring (bicyclic) bond motifs is 1. The number of carboxylic acid groups (broad SMARTS) is 1. The molecule has 3 heterocycles. The number of ether oxygens (including phenoxy) is 1. The number of benzene rings is 1. The van der Waals surface area contributed by atoms with Gasteiger partial charge in [-0.25, -0.2) is 18.6 Å². The molecule has 1 unspecified atom stereocenters. The van der Waals surface area contributed by atoms with Crippen LogP contribution in [-0.4, -0.2) is 64.2 Å². The Kier molecular flexibility index (Phi) is 6.22. The summed E-state index contributed by atoms with van der Waals surface area (Å²) in [7, 11) is 1.36. The fourth-order valence-corrected chi connectivity index (χ4v) is 4.12. The van der Waals surface area contributed by atoms with E-state index < -0.39 is 35.3 Å². The monoisotopic (exact) mass is 478 g/mol. The van der Waals surface area contributed by atoms with Crippen molar-refractivity contribution in [3.8, 4) is 11.3 Å². The topological polar surface area (TPSA) is 96.2 Å². The van der Waals surface area contributed by atoms with Crippen LogP contribution in [0.3, 0.4) is 0 Å². The van der Waals surface area contributed by atoms with E-state index in [1.165, 1.54) is 11.9 Å². The van der Waals surface area contributed by atoms with Gasteiger partial charge in [0.25, 0.3) is 5.91 Å². The summed E-state index contributed by atoms with van der Waals surface area (Å²) in [5.74, 6) is -2.54. The van der Waals surface area contributed by atoms with E-state index in [1.54, 1.807) is 23.6 Å². The van der Waals surface area contributed by atoms with Crippen molar-refractivity contribution in [1.29, 1.82) is 0 Å². The molecule has 1 atom stereocenters. The average Bonchev–Trinajstić information content (AvgIpc) is 3.13. The Bertz CT molecular complexity index is 1240. The molecule has 1 aliphatic heterocycles. The Hall–Kier alpha value is -3.24. The van der Waals surface area contributed by atoms with Crippen molar-refractivity contribution in [2.75, 3.05) is 26.7 Å². The number of carbonyl (C=O) groups is 2. The minimum absolute atomic E-state index is 0.0111. The Morgan fingerprint density at radius 2 is 2.03 bits per heavy atom. The molecule has 0 aliphatic carbocycles. The summed E-state index contributed by atoms with van der Waals surface area (Å²) < 4.78 is 37.6. The summed E-state index contributed by atoms with van der Waals surface area (Å²) in [6.45, 7) is 2.32. The number of rotatable bonds is 4. The second-order valence-electron chi connectivity index (χ2n) is 7.73. The number of aryl methyl sites for hydroxylation is 1. The van der Waals surface area contributed by atoms with Crippen molar-refractivity contribution in [3.05, 3.63) is 57.9 Å². The summed E-state index contributed by atoms with van der Waals surface area (Å²) in [5.41, 5.74) is 0.895. The molecule has 3 aromatic rings. The minimum atomic E-state index is -1.07. The second-order valence-corrected chi connectivity index (χ2v) is 8.11. The SMILES string of the molecule is CNC(=O)c1cc(F)c(-c2nc3c(Cl)c(C)ccn3c2CC2CN(C(=O)O)CCO2)c(F)c1. The van der Waals surface area contributed by atoms with Crippen LogP contribution in [0.15, 0.2) is 24.4 Å². The molecule has 0 radical (unpaired) electrons. The number of aromatic nitrogens is 2. The van der Waals surface area contributed by atoms with Crippen LogP contribution in [0, 0.1) is 18.6 Å². The molecular formula is C22H21ClF2N4O4. The Labute approximate surface area is 192 Å². The third-order valence-electron chi connectivity index (χ3n) is 5.62. The summed E-state index contributed by atoms with van der Waals surface area (Å²) in [5, 5.41) is 12.0. The third kappa shape index (κ3) is 4.23. The van der Waals surface area contributed by atoms with E-state index in [4.69, 9.17) is 16.3 Å². The van der Waals surface area contributed by atoms with Crippen LogP contribution in [0.25, 0.3) is 16.9 Å². The van der Waals surface area contributed by atoms with E-state index in [9.17, 15) is 14.7 Å². The fraction of sp³-hybridized carbons (Fsp3) is 0.318. The van der Waals surface area contributed by atoms with Crippen LogP contribution >= 0.6 is 11.6 Å². The number of imidazole rings is 1. The van der Waals surface area contributed by atoms with Gasteiger partial charge in [0.1, 0.15) is 11.6 Å². The van der Waals surface area contributed by atoms with Gasteiger partial charge in [-0.3, -0.25) is 4.79 Å². The van der Waals surface area contributed by atoms with E-state index in [0.29, 0.717) is 16.4 Å². The zero-order valence-corrected chi connectivity index (χ0v) is 18.6. The second kappa shape index (κ2) is 8.95. The Morgan fingerprint density at radius 3 is 2.67 bits per heavy atom. The first-order valence-corrected chi connectivity index (χ1v) is 10.6. The molecule has 8 nitrogen and oxygen atoms in total. The molecular weight excluding hydrogens is 458 g/mol. The number of carbonyl (C=O) groups excluding carboxylic acids is 1. The number of nitrogens with zero attached hydrogens (tertiary/aromatic N) is 3. The van der Waals surface area contributed by atoms with Crippen molar-refractivity contribution in [1.82, 2.24) is 19.6 Å². The Balaban J connectivity index is 1.86. The molecule has 11 heteroatoms. The van der Waals surface area contributed by atoms with Gasteiger partial charge in [0.15, 0.2) is 5.65 Å². The van der Waals surface area contributed by atoms with Crippen LogP contribution in [0.1, 0.15) is 21.6 Å². The van der Waals surface area contributed by atoms with Gasteiger partial charge < -0.3 is 24.5 Å². The molecule has 33 heavy (non-hydrogen) atoms. The highest BCUT2D eigenvalue weighted by atomic mass is 35.5. The molecule has 1 saturated heterocycles. The first kappa shape index (κ1) is 22.9. The zero-order valence-electron chi connectivity index (χ0n) is 17.9. The molecule has 0 spiro atoms. The molecule has 1 fully saturated rings. The van der Waals surface area contributed by atoms with E-state index in [1.807, 2.05) is 0 Å². The smallest absolute Gasteiger partial charge is 0.407 e. The number of halogens is 3. The number of hydrogen-bond donors (Lipinski definition) is 2. The molecule has 1 aliphatic rings. The van der Waals surface area contributed by atoms with Crippen LogP contribution < -0.4 is 5.32 Å². The molecule has 2 amide bonds. The largest absolute Gasteiger partial charge is 0.465 e. The van der Waals surface area contributed by atoms with Crippen LogP contribution in [0.5, 0.6) is 0 Å². The van der Waals surface area contributed by atoms with Crippen molar-refractivity contribution >= 4 is 29.2 Å². The van der Waals surface area contributed by atoms with Gasteiger partial charge >= 0.3 is 6.09 Å². The van der Waals surface area contributed by atoms with Gasteiger partial charge in [0.05, 0.1) is 41.2 Å². The lowest BCUT2D eigenvalue weighted by Crippen LogP contribution is -2.45. The molecule has 4 rings (SSSR count). The predicted octanol–water partition coefficient (Wildman–Crippen LogP) is 3.52. The highest BCUT2D eigenvalue weighted by molar-refractivity contribution is 6.34. The lowest BCUT2D eigenvalue weighted by molar-refractivity contribution is -0.0214. The number of amides is 2. The molecule has 174 valence electrons. The van der Waals surface area contributed by atoms with E-state index in [-0.39, 0.29) is 37.4 Å². The van der Waals surface area contributed by atoms with Crippen molar-refractivity contribution in [3.63, 3.8) is 0 Å². The lowest BCUT2D eigenvalue weighted by atomic mass is 10.0. The molecule has 0 saturated carbocycles. The fourth-order valence-electron chi connectivity index (χ4n) is 3.92.